The average molecular weight is 264 g/mol. The number of nitrogens with one attached hydrogen (secondary N) is 2. The van der Waals surface area contributed by atoms with Crippen LogP contribution in [0, 0.1) is 0 Å². The van der Waals surface area contributed by atoms with Gasteiger partial charge in [0.15, 0.2) is 0 Å². The number of hydrogen-bond donors (Lipinski definition) is 3. The van der Waals surface area contributed by atoms with Crippen molar-refractivity contribution in [1.82, 2.24) is 20.6 Å². The Balaban J connectivity index is 1.99. The number of aliphatic hydroxyl groups is 1. The van der Waals surface area contributed by atoms with Gasteiger partial charge in [-0.3, -0.25) is 4.79 Å². The van der Waals surface area contributed by atoms with E-state index in [-0.39, 0.29) is 12.5 Å². The smallest absolute Gasteiger partial charge is 0.254 e. The molecule has 6 nitrogen and oxygen atoms in total. The lowest BCUT2D eigenvalue weighted by Crippen LogP contribution is -2.44. The fraction of sp³-hybridized carbons (Fsp3) is 0.615. The molecule has 0 unspecified atom stereocenters. The number of β-amino-alcohol motifs (C(OH)–C–C–N with tert-alkyl or cyclic N) is 1. The van der Waals surface area contributed by atoms with E-state index in [1.54, 1.807) is 0 Å². The quantitative estimate of drug-likeness (QED) is 0.690. The van der Waals surface area contributed by atoms with Crippen molar-refractivity contribution in [3.05, 3.63) is 23.8 Å². The summed E-state index contributed by atoms with van der Waals surface area (Å²) in [6.07, 6.45) is 5.31. The van der Waals surface area contributed by atoms with E-state index < -0.39 is 5.60 Å². The Bertz CT molecular complexity index is 444. The maximum Gasteiger partial charge on any atom is 0.254 e. The molecule has 3 N–H and O–H groups in total. The first kappa shape index (κ1) is 13.9. The highest BCUT2D eigenvalue weighted by molar-refractivity contribution is 5.94. The van der Waals surface area contributed by atoms with Crippen molar-refractivity contribution in [3.63, 3.8) is 0 Å². The molecule has 104 valence electrons. The molecule has 1 atom stereocenters. The van der Waals surface area contributed by atoms with Gasteiger partial charge in [-0.05, 0) is 19.4 Å². The molecule has 0 aromatic carbocycles. The standard InChI is InChI=1S/C13H20N4O2/c1-2-3-11-10(6-15-9-17-11)12(18)16-8-13(19)4-5-14-7-13/h6,9,14,19H,2-5,7-8H2,1H3,(H,16,18)/t13-/m0/s1. The molecule has 1 fully saturated rings. The number of rotatable bonds is 5. The van der Waals surface area contributed by atoms with Crippen LogP contribution in [0.15, 0.2) is 12.5 Å². The van der Waals surface area contributed by atoms with Crippen molar-refractivity contribution in [2.75, 3.05) is 19.6 Å². The van der Waals surface area contributed by atoms with Crippen LogP contribution in [-0.4, -0.2) is 46.2 Å². The molecular formula is C13H20N4O2. The topological polar surface area (TPSA) is 87.1 Å². The minimum atomic E-state index is -0.837. The Kier molecular flexibility index (Phi) is 4.44. The first-order chi connectivity index (χ1) is 9.14. The number of nitrogens with zero attached hydrogens (tertiary/aromatic N) is 2. The van der Waals surface area contributed by atoms with Crippen LogP contribution in [0.1, 0.15) is 35.8 Å². The van der Waals surface area contributed by atoms with E-state index in [0.29, 0.717) is 18.5 Å². The normalized spacial score (nSPS) is 22.4. The summed E-state index contributed by atoms with van der Waals surface area (Å²) < 4.78 is 0. The van der Waals surface area contributed by atoms with Gasteiger partial charge in [0.25, 0.3) is 5.91 Å². The molecule has 2 rings (SSSR count). The molecule has 0 bridgehead atoms. The summed E-state index contributed by atoms with van der Waals surface area (Å²) in [6, 6.07) is 0. The van der Waals surface area contributed by atoms with Gasteiger partial charge in [-0.15, -0.1) is 0 Å². The Morgan fingerprint density at radius 1 is 1.63 bits per heavy atom. The second-order valence-electron chi connectivity index (χ2n) is 4.97. The zero-order valence-corrected chi connectivity index (χ0v) is 11.1. The van der Waals surface area contributed by atoms with Crippen LogP contribution >= 0.6 is 0 Å². The second-order valence-corrected chi connectivity index (χ2v) is 4.97. The SMILES string of the molecule is CCCc1ncncc1C(=O)NC[C@]1(O)CCNC1. The highest BCUT2D eigenvalue weighted by Gasteiger charge is 2.31. The molecule has 0 aliphatic carbocycles. The third-order valence-electron chi connectivity index (χ3n) is 3.33. The molecule has 1 amide bonds. The summed E-state index contributed by atoms with van der Waals surface area (Å²) in [5.41, 5.74) is 0.418. The summed E-state index contributed by atoms with van der Waals surface area (Å²) in [5.74, 6) is -0.218. The molecule has 19 heavy (non-hydrogen) atoms. The van der Waals surface area contributed by atoms with E-state index in [2.05, 4.69) is 20.6 Å². The van der Waals surface area contributed by atoms with Gasteiger partial charge in [0.1, 0.15) is 6.33 Å². The molecule has 1 aliphatic heterocycles. The fourth-order valence-electron chi connectivity index (χ4n) is 2.20. The van der Waals surface area contributed by atoms with Crippen LogP contribution in [-0.2, 0) is 6.42 Å². The van der Waals surface area contributed by atoms with E-state index in [1.807, 2.05) is 6.92 Å². The molecule has 2 heterocycles. The first-order valence-corrected chi connectivity index (χ1v) is 6.65. The highest BCUT2D eigenvalue weighted by Crippen LogP contribution is 2.13. The minimum absolute atomic E-state index is 0.218. The zero-order chi connectivity index (χ0) is 13.7. The van der Waals surface area contributed by atoms with Crippen LogP contribution < -0.4 is 10.6 Å². The number of aromatic nitrogens is 2. The Labute approximate surface area is 112 Å². The lowest BCUT2D eigenvalue weighted by atomic mass is 10.0. The van der Waals surface area contributed by atoms with Gasteiger partial charge in [0.2, 0.25) is 0 Å². The van der Waals surface area contributed by atoms with Crippen LogP contribution in [0.25, 0.3) is 0 Å². The number of aryl methyl sites for hydroxylation is 1. The molecule has 0 spiro atoms. The molecule has 1 aromatic heterocycles. The van der Waals surface area contributed by atoms with E-state index in [1.165, 1.54) is 12.5 Å². The van der Waals surface area contributed by atoms with Crippen LogP contribution in [0.5, 0.6) is 0 Å². The summed E-state index contributed by atoms with van der Waals surface area (Å²) in [4.78, 5) is 20.2. The van der Waals surface area contributed by atoms with E-state index >= 15 is 0 Å². The van der Waals surface area contributed by atoms with Crippen LogP contribution in [0.2, 0.25) is 0 Å². The van der Waals surface area contributed by atoms with Crippen molar-refractivity contribution in [1.29, 1.82) is 0 Å². The van der Waals surface area contributed by atoms with Crippen molar-refractivity contribution >= 4 is 5.91 Å². The third-order valence-corrected chi connectivity index (χ3v) is 3.33. The van der Waals surface area contributed by atoms with Gasteiger partial charge in [0.05, 0.1) is 16.9 Å². The van der Waals surface area contributed by atoms with Gasteiger partial charge in [0, 0.05) is 19.3 Å². The van der Waals surface area contributed by atoms with Gasteiger partial charge in [-0.2, -0.15) is 0 Å². The Hall–Kier alpha value is -1.53. The largest absolute Gasteiger partial charge is 0.387 e. The predicted molar refractivity (Wildman–Crippen MR) is 70.8 cm³/mol. The van der Waals surface area contributed by atoms with Gasteiger partial charge >= 0.3 is 0 Å². The number of amides is 1. The monoisotopic (exact) mass is 264 g/mol. The van der Waals surface area contributed by atoms with Gasteiger partial charge < -0.3 is 15.7 Å². The van der Waals surface area contributed by atoms with Crippen molar-refractivity contribution in [2.45, 2.75) is 31.8 Å². The molecule has 0 radical (unpaired) electrons. The number of carbonyl (C=O) groups excluding carboxylic acids is 1. The average Bonchev–Trinajstić information content (AvgIpc) is 2.85. The van der Waals surface area contributed by atoms with Crippen molar-refractivity contribution < 1.29 is 9.90 Å². The zero-order valence-electron chi connectivity index (χ0n) is 11.1. The summed E-state index contributed by atoms with van der Waals surface area (Å²) in [5, 5.41) is 16.0. The molecule has 1 aromatic rings. The van der Waals surface area contributed by atoms with Crippen molar-refractivity contribution in [2.24, 2.45) is 0 Å². The number of hydrogen-bond acceptors (Lipinski definition) is 5. The fourth-order valence-corrected chi connectivity index (χ4v) is 2.20. The maximum atomic E-state index is 12.1. The molecular weight excluding hydrogens is 244 g/mol. The number of carbonyl (C=O) groups is 1. The lowest BCUT2D eigenvalue weighted by Gasteiger charge is -2.21. The molecule has 0 saturated carbocycles. The van der Waals surface area contributed by atoms with E-state index in [4.69, 9.17) is 0 Å². The van der Waals surface area contributed by atoms with Crippen LogP contribution in [0.4, 0.5) is 0 Å². The van der Waals surface area contributed by atoms with Gasteiger partial charge in [-0.25, -0.2) is 9.97 Å². The van der Waals surface area contributed by atoms with Crippen LogP contribution in [0.3, 0.4) is 0 Å². The molecule has 1 aliphatic rings. The third kappa shape index (κ3) is 3.48. The van der Waals surface area contributed by atoms with Crippen molar-refractivity contribution in [3.8, 4) is 0 Å². The maximum absolute atomic E-state index is 12.1. The highest BCUT2D eigenvalue weighted by atomic mass is 16.3. The second kappa shape index (κ2) is 6.08. The van der Waals surface area contributed by atoms with E-state index in [0.717, 1.165) is 25.1 Å². The summed E-state index contributed by atoms with van der Waals surface area (Å²) >= 11 is 0. The minimum Gasteiger partial charge on any atom is -0.387 e. The van der Waals surface area contributed by atoms with E-state index in [9.17, 15) is 9.90 Å². The Morgan fingerprint density at radius 2 is 2.47 bits per heavy atom. The Morgan fingerprint density at radius 3 is 3.16 bits per heavy atom. The molecule has 6 heteroatoms. The molecule has 1 saturated heterocycles. The predicted octanol–water partition coefficient (Wildman–Crippen LogP) is -0.117. The first-order valence-electron chi connectivity index (χ1n) is 6.65. The summed E-state index contributed by atoms with van der Waals surface area (Å²) in [6.45, 7) is 3.58. The summed E-state index contributed by atoms with van der Waals surface area (Å²) in [7, 11) is 0. The lowest BCUT2D eigenvalue weighted by molar-refractivity contribution is 0.0561. The van der Waals surface area contributed by atoms with Gasteiger partial charge in [-0.1, -0.05) is 13.3 Å².